The summed E-state index contributed by atoms with van der Waals surface area (Å²) >= 11 is 1.61. The number of aryl methyl sites for hydroxylation is 1. The molecule has 20 heavy (non-hydrogen) atoms. The maximum Gasteiger partial charge on any atom is 0.321 e. The van der Waals surface area contributed by atoms with Gasteiger partial charge in [-0.05, 0) is 19.1 Å². The van der Waals surface area contributed by atoms with Gasteiger partial charge in [0.15, 0.2) is 0 Å². The van der Waals surface area contributed by atoms with Crippen LogP contribution in [0.2, 0.25) is 0 Å². The van der Waals surface area contributed by atoms with Crippen LogP contribution in [0.3, 0.4) is 0 Å². The third-order valence-corrected chi connectivity index (χ3v) is 3.61. The quantitative estimate of drug-likeness (QED) is 0.910. The topological polar surface area (TPSA) is 65.5 Å². The van der Waals surface area contributed by atoms with Crippen molar-refractivity contribution in [1.82, 2.24) is 9.88 Å². The molecule has 0 bridgehead atoms. The molecule has 106 valence electrons. The van der Waals surface area contributed by atoms with Crippen LogP contribution < -0.4 is 5.32 Å². The smallest absolute Gasteiger partial charge is 0.321 e. The van der Waals surface area contributed by atoms with Crippen LogP contribution in [0.15, 0.2) is 29.6 Å². The molecule has 0 aliphatic carbocycles. The van der Waals surface area contributed by atoms with Gasteiger partial charge in [-0.1, -0.05) is 12.1 Å². The van der Waals surface area contributed by atoms with E-state index in [1.165, 1.54) is 4.90 Å². The zero-order chi connectivity index (χ0) is 14.5. The van der Waals surface area contributed by atoms with Crippen molar-refractivity contribution in [3.05, 3.63) is 34.7 Å². The van der Waals surface area contributed by atoms with Crippen LogP contribution in [0.4, 0.5) is 10.5 Å². The number of amides is 2. The van der Waals surface area contributed by atoms with E-state index in [0.29, 0.717) is 6.54 Å². The summed E-state index contributed by atoms with van der Waals surface area (Å²) in [4.78, 5) is 17.6. The minimum atomic E-state index is -0.240. The Morgan fingerprint density at radius 1 is 1.40 bits per heavy atom. The van der Waals surface area contributed by atoms with E-state index >= 15 is 0 Å². The van der Waals surface area contributed by atoms with Crippen LogP contribution in [-0.4, -0.2) is 41.2 Å². The van der Waals surface area contributed by atoms with Crippen LogP contribution >= 0.6 is 11.3 Å². The van der Waals surface area contributed by atoms with E-state index in [1.54, 1.807) is 18.4 Å². The number of rotatable bonds is 4. The third kappa shape index (κ3) is 3.55. The lowest BCUT2D eigenvalue weighted by Gasteiger charge is -2.16. The zero-order valence-electron chi connectivity index (χ0n) is 11.5. The van der Waals surface area contributed by atoms with E-state index in [2.05, 4.69) is 10.3 Å². The first-order chi connectivity index (χ1) is 9.60. The largest absolute Gasteiger partial charge is 0.395 e. The van der Waals surface area contributed by atoms with Gasteiger partial charge in [0.1, 0.15) is 0 Å². The Balaban J connectivity index is 2.03. The van der Waals surface area contributed by atoms with E-state index in [0.717, 1.165) is 22.0 Å². The highest BCUT2D eigenvalue weighted by atomic mass is 32.1. The van der Waals surface area contributed by atoms with Crippen LogP contribution in [-0.2, 0) is 0 Å². The number of carbonyl (C=O) groups excluding carboxylic acids is 1. The fraction of sp³-hybridized carbons (Fsp3) is 0.286. The highest BCUT2D eigenvalue weighted by Gasteiger charge is 2.08. The van der Waals surface area contributed by atoms with Gasteiger partial charge in [0.05, 0.1) is 17.3 Å². The van der Waals surface area contributed by atoms with Crippen LogP contribution in [0, 0.1) is 6.92 Å². The first-order valence-electron chi connectivity index (χ1n) is 6.25. The van der Waals surface area contributed by atoms with Gasteiger partial charge in [-0.25, -0.2) is 9.78 Å². The molecule has 2 aromatic rings. The second-order valence-electron chi connectivity index (χ2n) is 4.40. The molecule has 2 N–H and O–H groups in total. The molecule has 1 aromatic carbocycles. The Kier molecular flexibility index (Phi) is 4.70. The lowest BCUT2D eigenvalue weighted by molar-refractivity contribution is 0.202. The number of aliphatic hydroxyl groups is 1. The van der Waals surface area contributed by atoms with Gasteiger partial charge < -0.3 is 15.3 Å². The monoisotopic (exact) mass is 291 g/mol. The van der Waals surface area contributed by atoms with Gasteiger partial charge in [-0.2, -0.15) is 0 Å². The maximum atomic E-state index is 11.8. The summed E-state index contributed by atoms with van der Waals surface area (Å²) in [5, 5.41) is 14.6. The number of urea groups is 1. The lowest BCUT2D eigenvalue weighted by Crippen LogP contribution is -2.33. The molecule has 2 rings (SSSR count). The van der Waals surface area contributed by atoms with Gasteiger partial charge in [-0.3, -0.25) is 0 Å². The van der Waals surface area contributed by atoms with Gasteiger partial charge in [0.2, 0.25) is 0 Å². The molecule has 6 heteroatoms. The molecule has 0 atom stereocenters. The highest BCUT2D eigenvalue weighted by molar-refractivity contribution is 7.09. The SMILES string of the molecule is Cc1nc(-c2ccc(NC(=O)N(C)CCO)cc2)cs1. The second kappa shape index (κ2) is 6.49. The molecular formula is C14H17N3O2S. The Hall–Kier alpha value is -1.92. The maximum absolute atomic E-state index is 11.8. The molecule has 0 fully saturated rings. The molecule has 5 nitrogen and oxygen atoms in total. The number of nitrogens with one attached hydrogen (secondary N) is 1. The van der Waals surface area contributed by atoms with Crippen LogP contribution in [0.25, 0.3) is 11.3 Å². The second-order valence-corrected chi connectivity index (χ2v) is 5.47. The van der Waals surface area contributed by atoms with E-state index in [9.17, 15) is 4.79 Å². The summed E-state index contributed by atoms with van der Waals surface area (Å²) in [7, 11) is 1.64. The molecule has 0 aliphatic heterocycles. The number of anilines is 1. The highest BCUT2D eigenvalue weighted by Crippen LogP contribution is 2.23. The summed E-state index contributed by atoms with van der Waals surface area (Å²) in [6.45, 7) is 2.23. The van der Waals surface area contributed by atoms with Crippen molar-refractivity contribution in [2.75, 3.05) is 25.5 Å². The summed E-state index contributed by atoms with van der Waals surface area (Å²) < 4.78 is 0. The summed E-state index contributed by atoms with van der Waals surface area (Å²) in [5.41, 5.74) is 2.69. The molecule has 1 aromatic heterocycles. The average Bonchev–Trinajstić information content (AvgIpc) is 2.86. The number of hydrogen-bond acceptors (Lipinski definition) is 4. The third-order valence-electron chi connectivity index (χ3n) is 2.83. The van der Waals surface area contributed by atoms with Crippen molar-refractivity contribution in [2.24, 2.45) is 0 Å². The Morgan fingerprint density at radius 2 is 2.10 bits per heavy atom. The lowest BCUT2D eigenvalue weighted by atomic mass is 10.1. The fourth-order valence-corrected chi connectivity index (χ4v) is 2.31. The molecular weight excluding hydrogens is 274 g/mol. The fourth-order valence-electron chi connectivity index (χ4n) is 1.69. The number of likely N-dealkylation sites (N-methyl/N-ethyl adjacent to an activating group) is 1. The van der Waals surface area contributed by atoms with Crippen molar-refractivity contribution in [1.29, 1.82) is 0 Å². The number of aromatic nitrogens is 1. The van der Waals surface area contributed by atoms with Gasteiger partial charge in [0.25, 0.3) is 0 Å². The number of carbonyl (C=O) groups is 1. The minimum Gasteiger partial charge on any atom is -0.395 e. The predicted octanol–water partition coefficient (Wildman–Crippen LogP) is 2.57. The molecule has 0 saturated carbocycles. The first-order valence-corrected chi connectivity index (χ1v) is 7.13. The standard InChI is InChI=1S/C14H17N3O2S/c1-10-15-13(9-20-10)11-3-5-12(6-4-11)16-14(19)17(2)7-8-18/h3-6,9,18H,7-8H2,1-2H3,(H,16,19). The molecule has 0 radical (unpaired) electrons. The van der Waals surface area contributed by atoms with Crippen LogP contribution in [0.1, 0.15) is 5.01 Å². The van der Waals surface area contributed by atoms with E-state index in [-0.39, 0.29) is 12.6 Å². The Labute approximate surface area is 121 Å². The molecule has 0 unspecified atom stereocenters. The molecule has 0 spiro atoms. The van der Waals surface area contributed by atoms with Gasteiger partial charge in [-0.15, -0.1) is 11.3 Å². The predicted molar refractivity (Wildman–Crippen MR) is 81.0 cm³/mol. The first kappa shape index (κ1) is 14.5. The molecule has 0 aliphatic rings. The van der Waals surface area contributed by atoms with E-state index in [1.807, 2.05) is 36.6 Å². The van der Waals surface area contributed by atoms with Crippen molar-refractivity contribution in [3.8, 4) is 11.3 Å². The van der Waals surface area contributed by atoms with Crippen molar-refractivity contribution >= 4 is 23.1 Å². The van der Waals surface area contributed by atoms with Crippen molar-refractivity contribution < 1.29 is 9.90 Å². The van der Waals surface area contributed by atoms with Gasteiger partial charge in [0, 0.05) is 30.2 Å². The number of benzene rings is 1. The van der Waals surface area contributed by atoms with Crippen LogP contribution in [0.5, 0.6) is 0 Å². The van der Waals surface area contributed by atoms with Crippen molar-refractivity contribution in [2.45, 2.75) is 6.92 Å². The normalized spacial score (nSPS) is 10.3. The Morgan fingerprint density at radius 3 is 2.65 bits per heavy atom. The number of nitrogens with zero attached hydrogens (tertiary/aromatic N) is 2. The minimum absolute atomic E-state index is 0.0496. The zero-order valence-corrected chi connectivity index (χ0v) is 12.3. The Bertz CT molecular complexity index is 580. The number of thiazole rings is 1. The number of hydrogen-bond donors (Lipinski definition) is 2. The average molecular weight is 291 g/mol. The van der Waals surface area contributed by atoms with E-state index < -0.39 is 0 Å². The summed E-state index contributed by atoms with van der Waals surface area (Å²) in [6.07, 6.45) is 0. The number of aliphatic hydroxyl groups excluding tert-OH is 1. The van der Waals surface area contributed by atoms with E-state index in [4.69, 9.17) is 5.11 Å². The molecule has 1 heterocycles. The summed E-state index contributed by atoms with van der Waals surface area (Å²) in [6, 6.07) is 7.30. The molecule has 2 amide bonds. The summed E-state index contributed by atoms with van der Waals surface area (Å²) in [5.74, 6) is 0. The van der Waals surface area contributed by atoms with Gasteiger partial charge >= 0.3 is 6.03 Å². The van der Waals surface area contributed by atoms with Crippen molar-refractivity contribution in [3.63, 3.8) is 0 Å². The molecule has 0 saturated heterocycles.